The number of nitrogen functional groups attached to an aromatic ring is 1. The number of aromatic nitrogens is 4. The molecule has 2 aliphatic rings. The molecule has 1 aliphatic carbocycles. The fourth-order valence-corrected chi connectivity index (χ4v) is 7.55. The number of carbonyl (C=O) groups is 5. The second kappa shape index (κ2) is 19.8. The summed E-state index contributed by atoms with van der Waals surface area (Å²) in [5.41, 5.74) is 7.73. The fourth-order valence-electron chi connectivity index (χ4n) is 7.55. The number of aliphatic carboxylic acids is 1. The number of carboxylic acid groups (broad SMARTS) is 2. The number of rotatable bonds is 19. The minimum absolute atomic E-state index is 0.0367. The third kappa shape index (κ3) is 10.7. The van der Waals surface area contributed by atoms with Crippen LogP contribution in [0.15, 0.2) is 99.1 Å². The zero-order valence-corrected chi connectivity index (χ0v) is 34.8. The van der Waals surface area contributed by atoms with E-state index in [4.69, 9.17) is 10.2 Å². The molecule has 0 radical (unpaired) electrons. The Morgan fingerprint density at radius 2 is 1.60 bits per heavy atom. The molecule has 65 heavy (non-hydrogen) atoms. The van der Waals surface area contributed by atoms with Gasteiger partial charge in [-0.1, -0.05) is 36.4 Å². The number of phenolic OH excluding ortho intramolecular Hbond substituents is 1. The number of aromatic amines is 1. The number of fused-ring (bicyclic) bond motifs is 3. The molecule has 2 aromatic heterocycles. The van der Waals surface area contributed by atoms with Gasteiger partial charge >= 0.3 is 11.9 Å². The van der Waals surface area contributed by atoms with Crippen LogP contribution in [0.3, 0.4) is 0 Å². The van der Waals surface area contributed by atoms with Gasteiger partial charge in [0.2, 0.25) is 11.9 Å². The number of hydrogen-bond acceptors (Lipinski definition) is 13. The van der Waals surface area contributed by atoms with Crippen LogP contribution in [0.4, 0.5) is 5.95 Å². The van der Waals surface area contributed by atoms with Gasteiger partial charge in [0, 0.05) is 60.1 Å². The number of nitrogens with zero attached hydrogens (tertiary/aromatic N) is 3. The number of phenols is 1. The van der Waals surface area contributed by atoms with E-state index in [0.29, 0.717) is 66.4 Å². The maximum absolute atomic E-state index is 13.4. The van der Waals surface area contributed by atoms with Crippen LogP contribution >= 0.6 is 0 Å². The van der Waals surface area contributed by atoms with E-state index in [1.165, 1.54) is 42.6 Å². The lowest BCUT2D eigenvalue weighted by Crippen LogP contribution is -2.28. The lowest BCUT2D eigenvalue weighted by atomic mass is 9.88. The Bertz CT molecular complexity index is 3050. The van der Waals surface area contributed by atoms with Gasteiger partial charge in [0.15, 0.2) is 22.4 Å². The van der Waals surface area contributed by atoms with E-state index in [0.717, 1.165) is 5.56 Å². The molecule has 3 aromatic carbocycles. The van der Waals surface area contributed by atoms with Gasteiger partial charge in [0.1, 0.15) is 17.1 Å². The molecule has 3 heterocycles. The van der Waals surface area contributed by atoms with Crippen molar-refractivity contribution in [2.75, 3.05) is 18.8 Å². The molecule has 0 fully saturated rings. The first-order valence-corrected chi connectivity index (χ1v) is 20.7. The summed E-state index contributed by atoms with van der Waals surface area (Å²) in [4.78, 5) is 103. The van der Waals surface area contributed by atoms with Crippen molar-refractivity contribution >= 4 is 57.6 Å². The number of anilines is 1. The maximum atomic E-state index is 13.4. The number of aryl methyl sites for hydroxylation is 2. The molecule has 0 saturated heterocycles. The van der Waals surface area contributed by atoms with E-state index < -0.39 is 29.3 Å². The number of amides is 2. The molecule has 5 aromatic rings. The van der Waals surface area contributed by atoms with Gasteiger partial charge in [0.05, 0.1) is 28.9 Å². The molecule has 1 atom stereocenters. The molecule has 332 valence electrons. The second-order valence-electron chi connectivity index (χ2n) is 15.4. The molecule has 1 unspecified atom stereocenters. The second-order valence-corrected chi connectivity index (χ2v) is 15.4. The van der Waals surface area contributed by atoms with E-state index in [9.17, 15) is 48.9 Å². The topological polar surface area (TPSA) is 298 Å². The number of carboxylic acids is 2. The van der Waals surface area contributed by atoms with Crippen molar-refractivity contribution in [3.63, 3.8) is 0 Å². The Morgan fingerprint density at radius 3 is 2.35 bits per heavy atom. The number of Topliss-reactive ketones (excluding diaryl/α,β-unsaturated/α-hetero) is 1. The summed E-state index contributed by atoms with van der Waals surface area (Å²) in [6.07, 6.45) is 3.77. The molecular formula is C47H43N7O11. The zero-order chi connectivity index (χ0) is 46.2. The standard InChI is InChI=1S/C47H43N7O11/c48-47-53-42-41(44(60)54-47)52-28(24-51-42)13-9-25-7-10-26(11-8-25)35(57)21-27(45(61)62)12-18-38(58)49-19-2-1-3-20-50-43(59)34-6-4-5-33(40(34)46(63)64)39-31-16-14-29(55)22-36(31)65-37-23-30(56)15-17-32(37)39/h4-8,10-11,14-17,22-24,27,55H,1-3,9,12-13,18-21H2,(H,49,58)(H,50,59)(H,61,62)(H,63,64)(H3,48,51,53,54,60). The van der Waals surface area contributed by atoms with Crippen LogP contribution in [0.1, 0.15) is 80.9 Å². The number of nitrogens with two attached hydrogens (primary N) is 1. The summed E-state index contributed by atoms with van der Waals surface area (Å²) in [6.45, 7) is 0.517. The highest BCUT2D eigenvalue weighted by molar-refractivity contribution is 6.13. The van der Waals surface area contributed by atoms with E-state index in [-0.39, 0.29) is 93.8 Å². The number of H-pyrrole nitrogens is 1. The first-order chi connectivity index (χ1) is 31.2. The largest absolute Gasteiger partial charge is 0.508 e. The summed E-state index contributed by atoms with van der Waals surface area (Å²) in [5.74, 6) is -4.90. The molecule has 8 N–H and O–H groups in total. The highest BCUT2D eigenvalue weighted by Gasteiger charge is 2.27. The van der Waals surface area contributed by atoms with Crippen molar-refractivity contribution in [3.05, 3.63) is 134 Å². The van der Waals surface area contributed by atoms with E-state index in [1.54, 1.807) is 42.5 Å². The first kappa shape index (κ1) is 44.8. The Kier molecular flexibility index (Phi) is 13.7. The third-order valence-corrected chi connectivity index (χ3v) is 10.9. The summed E-state index contributed by atoms with van der Waals surface area (Å²) in [7, 11) is 0. The quantitative estimate of drug-likeness (QED) is 0.0315. The Labute approximate surface area is 368 Å². The lowest BCUT2D eigenvalue weighted by molar-refractivity contribution is -0.142. The fraction of sp³-hybridized carbons (Fsp3) is 0.234. The van der Waals surface area contributed by atoms with E-state index >= 15 is 0 Å². The molecule has 7 rings (SSSR count). The number of nitrogens with one attached hydrogen (secondary N) is 3. The van der Waals surface area contributed by atoms with E-state index in [1.807, 2.05) is 0 Å². The molecule has 18 heteroatoms. The van der Waals surface area contributed by atoms with Gasteiger partial charge in [-0.05, 0) is 80.0 Å². The molecule has 18 nitrogen and oxygen atoms in total. The third-order valence-electron chi connectivity index (χ3n) is 10.9. The highest BCUT2D eigenvalue weighted by Crippen LogP contribution is 2.42. The van der Waals surface area contributed by atoms with Crippen molar-refractivity contribution in [2.45, 2.75) is 51.4 Å². The van der Waals surface area contributed by atoms with Gasteiger partial charge in [-0.25, -0.2) is 14.8 Å². The van der Waals surface area contributed by atoms with Crippen LogP contribution in [0.2, 0.25) is 0 Å². The van der Waals surface area contributed by atoms with Crippen LogP contribution in [0.25, 0.3) is 44.6 Å². The van der Waals surface area contributed by atoms with Crippen LogP contribution in [-0.4, -0.2) is 77.9 Å². The maximum Gasteiger partial charge on any atom is 0.337 e. The number of aromatic hydroxyl groups is 1. The SMILES string of the molecule is Nc1nc2ncc(CCc3ccc(C(=O)CC(CCC(=O)NCCCCCNC(=O)c4cccc(-c5c6ccc(=O)cc-6oc6cc(O)ccc56)c4C(=O)O)C(=O)O)cc3)nc2c(=O)[nH]1. The number of unbranched alkanes of at least 4 members (excludes halogenated alkanes) is 2. The van der Waals surface area contributed by atoms with E-state index in [2.05, 4.69) is 30.6 Å². The van der Waals surface area contributed by atoms with Gasteiger partial charge in [-0.2, -0.15) is 4.98 Å². The average molecular weight is 882 g/mol. The van der Waals surface area contributed by atoms with Crippen molar-refractivity contribution in [1.82, 2.24) is 30.6 Å². The molecular weight excluding hydrogens is 839 g/mol. The number of benzene rings is 4. The van der Waals surface area contributed by atoms with Crippen LogP contribution < -0.4 is 27.4 Å². The zero-order valence-electron chi connectivity index (χ0n) is 34.8. The number of hydrogen-bond donors (Lipinski definition) is 7. The Morgan fingerprint density at radius 1 is 0.831 bits per heavy atom. The molecule has 2 amide bonds. The van der Waals surface area contributed by atoms with Gasteiger partial charge < -0.3 is 36.1 Å². The van der Waals surface area contributed by atoms with Gasteiger partial charge in [0.25, 0.3) is 11.5 Å². The number of aromatic carboxylic acids is 1. The van der Waals surface area contributed by atoms with Gasteiger partial charge in [-0.3, -0.25) is 33.8 Å². The minimum Gasteiger partial charge on any atom is -0.508 e. The predicted octanol–water partition coefficient (Wildman–Crippen LogP) is 5.13. The molecule has 0 bridgehead atoms. The Hall–Kier alpha value is -8.28. The summed E-state index contributed by atoms with van der Waals surface area (Å²) in [5, 5.41) is 36.3. The van der Waals surface area contributed by atoms with Crippen molar-refractivity contribution in [1.29, 1.82) is 0 Å². The summed E-state index contributed by atoms with van der Waals surface area (Å²) in [6, 6.07) is 19.8. The summed E-state index contributed by atoms with van der Waals surface area (Å²) < 4.78 is 5.89. The smallest absolute Gasteiger partial charge is 0.337 e. The lowest BCUT2D eigenvalue weighted by Gasteiger charge is -2.18. The minimum atomic E-state index is -1.34. The van der Waals surface area contributed by atoms with Crippen molar-refractivity contribution < 1.29 is 43.7 Å². The first-order valence-electron chi connectivity index (χ1n) is 20.7. The summed E-state index contributed by atoms with van der Waals surface area (Å²) >= 11 is 0. The number of ketones is 1. The predicted molar refractivity (Wildman–Crippen MR) is 238 cm³/mol. The normalized spacial score (nSPS) is 11.7. The Balaban J connectivity index is 0.849. The molecule has 1 aliphatic heterocycles. The monoisotopic (exact) mass is 881 g/mol. The van der Waals surface area contributed by atoms with Crippen LogP contribution in [0, 0.1) is 5.92 Å². The van der Waals surface area contributed by atoms with Crippen LogP contribution in [-0.2, 0) is 22.4 Å². The van der Waals surface area contributed by atoms with Crippen LogP contribution in [0.5, 0.6) is 5.75 Å². The van der Waals surface area contributed by atoms with Crippen molar-refractivity contribution in [3.8, 4) is 28.2 Å². The molecule has 0 spiro atoms. The molecule has 0 saturated carbocycles. The van der Waals surface area contributed by atoms with Gasteiger partial charge in [-0.15, -0.1) is 0 Å². The highest BCUT2D eigenvalue weighted by atomic mass is 16.4. The number of carbonyl (C=O) groups excluding carboxylic acids is 3. The van der Waals surface area contributed by atoms with Crippen molar-refractivity contribution in [2.24, 2.45) is 5.92 Å². The average Bonchev–Trinajstić information content (AvgIpc) is 3.28.